The molecule has 0 atom stereocenters. The minimum atomic E-state index is -0.132. The highest BCUT2D eigenvalue weighted by atomic mass is 16.1. The third-order valence-corrected chi connectivity index (χ3v) is 5.18. The summed E-state index contributed by atoms with van der Waals surface area (Å²) in [5.41, 5.74) is 3.31. The maximum absolute atomic E-state index is 11.4. The molecule has 136 valence electrons. The number of hydrogen-bond donors (Lipinski definition) is 1. The van der Waals surface area contributed by atoms with Crippen LogP contribution in [0.2, 0.25) is 0 Å². The molecule has 8 heteroatoms. The Kier molecular flexibility index (Phi) is 3.30. The lowest BCUT2D eigenvalue weighted by atomic mass is 10.0. The number of carbonyl (C=O) groups excluding carboxylic acids is 1. The van der Waals surface area contributed by atoms with E-state index in [4.69, 9.17) is 4.98 Å². The van der Waals surface area contributed by atoms with Gasteiger partial charge in [-0.15, -0.1) is 0 Å². The van der Waals surface area contributed by atoms with Crippen LogP contribution in [-0.4, -0.2) is 37.2 Å². The second kappa shape index (κ2) is 5.60. The lowest BCUT2D eigenvalue weighted by Crippen LogP contribution is -2.21. The first-order valence-corrected chi connectivity index (χ1v) is 8.95. The zero-order valence-electron chi connectivity index (χ0n) is 15.2. The first-order chi connectivity index (χ1) is 13.0. The van der Waals surface area contributed by atoms with E-state index in [1.807, 2.05) is 37.5 Å². The van der Waals surface area contributed by atoms with Crippen LogP contribution in [0, 0.1) is 6.92 Å². The Labute approximate surface area is 156 Å². The zero-order chi connectivity index (χ0) is 18.6. The van der Waals surface area contributed by atoms with Crippen molar-refractivity contribution in [3.63, 3.8) is 0 Å². The van der Waals surface area contributed by atoms with Gasteiger partial charge in [0.1, 0.15) is 11.6 Å². The first-order valence-electron chi connectivity index (χ1n) is 8.95. The van der Waals surface area contributed by atoms with Crippen LogP contribution in [0.4, 0.5) is 17.3 Å². The summed E-state index contributed by atoms with van der Waals surface area (Å²) in [5, 5.41) is 7.02. The molecule has 0 saturated heterocycles. The molecule has 3 aromatic rings. The van der Waals surface area contributed by atoms with Crippen LogP contribution in [0.1, 0.15) is 31.0 Å². The Morgan fingerprint density at radius 1 is 1.26 bits per heavy atom. The Bertz CT molecular complexity index is 1040. The topological polar surface area (TPSA) is 88.8 Å². The average molecular weight is 361 g/mol. The number of carbonyl (C=O) groups is 1. The van der Waals surface area contributed by atoms with Crippen molar-refractivity contribution in [2.24, 2.45) is 0 Å². The number of pyridine rings is 1. The highest BCUT2D eigenvalue weighted by molar-refractivity contribution is 5.89. The van der Waals surface area contributed by atoms with Crippen molar-refractivity contribution < 1.29 is 4.79 Å². The van der Waals surface area contributed by atoms with Gasteiger partial charge in [0.15, 0.2) is 0 Å². The van der Waals surface area contributed by atoms with Gasteiger partial charge in [-0.05, 0) is 25.8 Å². The number of amides is 1. The van der Waals surface area contributed by atoms with Crippen LogP contribution in [-0.2, 0) is 10.2 Å². The quantitative estimate of drug-likeness (QED) is 0.771. The number of rotatable bonds is 3. The smallest absolute Gasteiger partial charge is 0.252 e. The lowest BCUT2D eigenvalue weighted by Gasteiger charge is -2.20. The Hall–Kier alpha value is -3.29. The molecular weight excluding hydrogens is 342 g/mol. The molecule has 1 aliphatic heterocycles. The van der Waals surface area contributed by atoms with E-state index in [0.29, 0.717) is 11.8 Å². The molecule has 1 aliphatic carbocycles. The average Bonchev–Trinajstić information content (AvgIpc) is 3.07. The molecule has 1 N–H and O–H groups in total. The predicted molar refractivity (Wildman–Crippen MR) is 100 cm³/mol. The van der Waals surface area contributed by atoms with Gasteiger partial charge in [0.2, 0.25) is 5.91 Å². The fraction of sp³-hybridized carbons (Fsp3) is 0.316. The van der Waals surface area contributed by atoms with Crippen molar-refractivity contribution in [2.45, 2.75) is 32.1 Å². The normalized spacial score (nSPS) is 16.4. The largest absolute Gasteiger partial charge is 0.325 e. The van der Waals surface area contributed by atoms with E-state index in [1.165, 1.54) is 12.5 Å². The molecule has 0 unspecified atom stereocenters. The summed E-state index contributed by atoms with van der Waals surface area (Å²) >= 11 is 0. The molecule has 1 saturated carbocycles. The van der Waals surface area contributed by atoms with E-state index in [2.05, 4.69) is 25.3 Å². The Morgan fingerprint density at radius 2 is 2.11 bits per heavy atom. The number of aromatic nitrogens is 5. The van der Waals surface area contributed by atoms with Crippen molar-refractivity contribution >= 4 is 23.2 Å². The molecule has 0 radical (unpaired) electrons. The Morgan fingerprint density at radius 3 is 2.81 bits per heavy atom. The van der Waals surface area contributed by atoms with Crippen LogP contribution < -0.4 is 10.2 Å². The summed E-state index contributed by atoms with van der Waals surface area (Å²) in [6.07, 6.45) is 7.73. The highest BCUT2D eigenvalue weighted by Crippen LogP contribution is 2.57. The fourth-order valence-corrected chi connectivity index (χ4v) is 3.75. The molecule has 1 amide bonds. The summed E-state index contributed by atoms with van der Waals surface area (Å²) < 4.78 is 1.66. The molecular formula is C19H19N7O. The molecule has 1 spiro atoms. The zero-order valence-corrected chi connectivity index (χ0v) is 15.2. The van der Waals surface area contributed by atoms with Gasteiger partial charge in [-0.25, -0.2) is 14.6 Å². The Balaban J connectivity index is 1.60. The summed E-state index contributed by atoms with van der Waals surface area (Å²) in [6.45, 7) is 4.30. The van der Waals surface area contributed by atoms with Crippen molar-refractivity contribution in [3.8, 4) is 5.95 Å². The van der Waals surface area contributed by atoms with Crippen LogP contribution in [0.25, 0.3) is 5.95 Å². The van der Waals surface area contributed by atoms with Gasteiger partial charge >= 0.3 is 0 Å². The van der Waals surface area contributed by atoms with Crippen molar-refractivity contribution in [2.75, 3.05) is 16.8 Å². The van der Waals surface area contributed by atoms with Gasteiger partial charge in [-0.1, -0.05) is 0 Å². The van der Waals surface area contributed by atoms with Crippen molar-refractivity contribution in [1.82, 2.24) is 24.7 Å². The first kappa shape index (κ1) is 15.9. The van der Waals surface area contributed by atoms with Gasteiger partial charge in [0, 0.05) is 60.9 Å². The maximum atomic E-state index is 11.4. The summed E-state index contributed by atoms with van der Waals surface area (Å²) in [5.74, 6) is 1.80. The second-order valence-corrected chi connectivity index (χ2v) is 7.25. The van der Waals surface area contributed by atoms with E-state index in [-0.39, 0.29) is 11.3 Å². The third kappa shape index (κ3) is 2.64. The van der Waals surface area contributed by atoms with Crippen molar-refractivity contribution in [3.05, 3.63) is 48.0 Å². The number of anilines is 3. The standard InChI is InChI=1S/C19H19N7O/c1-12-8-17(24-18(22-12)26-7-3-6-21-26)25-11-19(4-5-19)14-10-20-16(9-15(14)25)23-13(2)27/h3,6-10H,4-5,11H2,1-2H3,(H,20,23,27). The second-order valence-electron chi connectivity index (χ2n) is 7.25. The maximum Gasteiger partial charge on any atom is 0.252 e. The summed E-state index contributed by atoms with van der Waals surface area (Å²) in [4.78, 5) is 27.3. The van der Waals surface area contributed by atoms with Crippen LogP contribution in [0.15, 0.2) is 36.8 Å². The third-order valence-electron chi connectivity index (χ3n) is 5.18. The van der Waals surface area contributed by atoms with Crippen LogP contribution >= 0.6 is 0 Å². The monoisotopic (exact) mass is 361 g/mol. The lowest BCUT2D eigenvalue weighted by molar-refractivity contribution is -0.114. The molecule has 4 heterocycles. The number of fused-ring (bicyclic) bond motifs is 2. The summed E-state index contributed by atoms with van der Waals surface area (Å²) in [7, 11) is 0. The van der Waals surface area contributed by atoms with E-state index >= 15 is 0 Å². The molecule has 5 rings (SSSR count). The van der Waals surface area contributed by atoms with E-state index in [9.17, 15) is 4.79 Å². The molecule has 8 nitrogen and oxygen atoms in total. The highest BCUT2D eigenvalue weighted by Gasteiger charge is 2.52. The van der Waals surface area contributed by atoms with E-state index in [0.717, 1.165) is 36.6 Å². The number of hydrogen-bond acceptors (Lipinski definition) is 6. The molecule has 1 fully saturated rings. The van der Waals surface area contributed by atoms with E-state index < -0.39 is 0 Å². The molecule has 0 aromatic carbocycles. The summed E-state index contributed by atoms with van der Waals surface area (Å²) in [6, 6.07) is 5.77. The van der Waals surface area contributed by atoms with Gasteiger partial charge < -0.3 is 10.2 Å². The molecule has 0 bridgehead atoms. The minimum absolute atomic E-state index is 0.132. The molecule has 27 heavy (non-hydrogen) atoms. The van der Waals surface area contributed by atoms with Gasteiger partial charge in [0.25, 0.3) is 5.95 Å². The fourth-order valence-electron chi connectivity index (χ4n) is 3.75. The minimum Gasteiger partial charge on any atom is -0.325 e. The predicted octanol–water partition coefficient (Wildman–Crippen LogP) is 2.51. The van der Waals surface area contributed by atoms with Gasteiger partial charge in [0.05, 0.1) is 5.69 Å². The number of nitrogens with zero attached hydrogens (tertiary/aromatic N) is 6. The van der Waals surface area contributed by atoms with Gasteiger partial charge in [-0.3, -0.25) is 4.79 Å². The number of aryl methyl sites for hydroxylation is 1. The van der Waals surface area contributed by atoms with Crippen molar-refractivity contribution in [1.29, 1.82) is 0 Å². The number of nitrogens with one attached hydrogen (secondary N) is 1. The van der Waals surface area contributed by atoms with Crippen LogP contribution in [0.5, 0.6) is 0 Å². The molecule has 2 aliphatic rings. The molecule has 3 aromatic heterocycles. The SMILES string of the molecule is CC(=O)Nc1cc2c(cn1)C1(CC1)CN2c1cc(C)nc(-n2cccn2)n1. The van der Waals surface area contributed by atoms with Crippen LogP contribution in [0.3, 0.4) is 0 Å². The van der Waals surface area contributed by atoms with E-state index in [1.54, 1.807) is 10.9 Å². The van der Waals surface area contributed by atoms with Gasteiger partial charge in [-0.2, -0.15) is 10.1 Å².